The van der Waals surface area contributed by atoms with Crippen molar-refractivity contribution < 1.29 is 27.5 Å². The van der Waals surface area contributed by atoms with Gasteiger partial charge in [0.15, 0.2) is 6.61 Å². The molecule has 7 nitrogen and oxygen atoms in total. The van der Waals surface area contributed by atoms with Gasteiger partial charge in [-0.15, -0.1) is 0 Å². The molecule has 1 heterocycles. The maximum Gasteiger partial charge on any atom is 0.344 e. The van der Waals surface area contributed by atoms with E-state index < -0.39 is 28.6 Å². The molecule has 188 valence electrons. The van der Waals surface area contributed by atoms with E-state index >= 15 is 0 Å². The second-order valence-electron chi connectivity index (χ2n) is 9.91. The molecule has 35 heavy (non-hydrogen) atoms. The van der Waals surface area contributed by atoms with Crippen molar-refractivity contribution in [2.24, 2.45) is 17.8 Å². The molecule has 1 aliphatic heterocycles. The lowest BCUT2D eigenvalue weighted by Gasteiger charge is -2.36. The van der Waals surface area contributed by atoms with Gasteiger partial charge < -0.3 is 9.47 Å². The topological polar surface area (TPSA) is 90.0 Å². The van der Waals surface area contributed by atoms with Crippen molar-refractivity contribution in [3.8, 4) is 0 Å². The van der Waals surface area contributed by atoms with E-state index in [2.05, 4.69) is 20.8 Å². The third-order valence-electron chi connectivity index (χ3n) is 7.07. The van der Waals surface area contributed by atoms with Gasteiger partial charge in [-0.1, -0.05) is 51.5 Å². The molecule has 1 aliphatic carbocycles. The van der Waals surface area contributed by atoms with Gasteiger partial charge >= 0.3 is 11.9 Å². The summed E-state index contributed by atoms with van der Waals surface area (Å²) in [5.74, 6) is -0.171. The lowest BCUT2D eigenvalue weighted by Crippen LogP contribution is -2.36. The van der Waals surface area contributed by atoms with Crippen LogP contribution in [0.4, 0.5) is 5.69 Å². The van der Waals surface area contributed by atoms with Crippen LogP contribution in [-0.4, -0.2) is 39.6 Å². The van der Waals surface area contributed by atoms with E-state index in [1.807, 2.05) is 12.1 Å². The fraction of sp³-hybridized carbons (Fsp3) is 0.481. The van der Waals surface area contributed by atoms with Crippen molar-refractivity contribution in [1.29, 1.82) is 0 Å². The summed E-state index contributed by atoms with van der Waals surface area (Å²) in [6.45, 7) is 6.25. The number of esters is 2. The number of ether oxygens (including phenoxy) is 2. The first-order valence-electron chi connectivity index (χ1n) is 12.2. The van der Waals surface area contributed by atoms with Gasteiger partial charge in [-0.05, 0) is 66.8 Å². The largest absolute Gasteiger partial charge is 0.460 e. The Morgan fingerprint density at radius 2 is 1.86 bits per heavy atom. The molecule has 3 atom stereocenters. The molecule has 0 N–H and O–H groups in total. The van der Waals surface area contributed by atoms with Gasteiger partial charge in [0.05, 0.1) is 16.1 Å². The summed E-state index contributed by atoms with van der Waals surface area (Å²) in [6, 6.07) is 13.1. The summed E-state index contributed by atoms with van der Waals surface area (Å²) in [4.78, 5) is 25.1. The van der Waals surface area contributed by atoms with E-state index in [0.717, 1.165) is 24.8 Å². The number of benzene rings is 2. The molecule has 2 aliphatic rings. The zero-order valence-corrected chi connectivity index (χ0v) is 21.3. The van der Waals surface area contributed by atoms with Crippen molar-refractivity contribution in [1.82, 2.24) is 0 Å². The van der Waals surface area contributed by atoms with Crippen LogP contribution >= 0.6 is 0 Å². The van der Waals surface area contributed by atoms with Gasteiger partial charge in [-0.2, -0.15) is 0 Å². The maximum absolute atomic E-state index is 13.3. The molecule has 0 saturated heterocycles. The van der Waals surface area contributed by atoms with Gasteiger partial charge in [0.1, 0.15) is 6.10 Å². The van der Waals surface area contributed by atoms with E-state index in [1.54, 1.807) is 12.1 Å². The highest BCUT2D eigenvalue weighted by Gasteiger charge is 2.34. The van der Waals surface area contributed by atoms with Crippen molar-refractivity contribution in [2.45, 2.75) is 57.5 Å². The highest BCUT2D eigenvalue weighted by molar-refractivity contribution is 7.92. The number of carbonyl (C=O) groups is 2. The van der Waals surface area contributed by atoms with Crippen LogP contribution in [0.2, 0.25) is 0 Å². The molecule has 2 aromatic rings. The first-order chi connectivity index (χ1) is 16.7. The minimum absolute atomic E-state index is 0.00204. The zero-order chi connectivity index (χ0) is 25.2. The maximum atomic E-state index is 13.3. The Balaban J connectivity index is 1.40. The highest BCUT2D eigenvalue weighted by Crippen LogP contribution is 2.35. The number of hydrogen-bond donors (Lipinski definition) is 0. The average Bonchev–Trinajstić information content (AvgIpc) is 3.27. The number of carbonyl (C=O) groups excluding carboxylic acids is 2. The summed E-state index contributed by atoms with van der Waals surface area (Å²) in [5.41, 5.74) is 1.69. The summed E-state index contributed by atoms with van der Waals surface area (Å²) >= 11 is 0. The predicted octanol–water partition coefficient (Wildman–Crippen LogP) is 4.60. The summed E-state index contributed by atoms with van der Waals surface area (Å²) in [6.07, 6.45) is 3.40. The molecular weight excluding hydrogens is 466 g/mol. The molecule has 1 saturated carbocycles. The molecule has 2 aromatic carbocycles. The van der Waals surface area contributed by atoms with Gasteiger partial charge in [-0.25, -0.2) is 18.0 Å². The SMILES string of the molecule is CC(C)[C@@H]1CC[C@@H](C)C[C@@H]1OC(=O)COC(=O)c1cccc(S(=O)(=O)N2CCc3ccccc32)c1. The summed E-state index contributed by atoms with van der Waals surface area (Å²) in [5, 5.41) is 0. The number of anilines is 1. The molecular formula is C27H33NO6S. The van der Waals surface area contributed by atoms with Crippen LogP contribution in [0.1, 0.15) is 56.0 Å². The first kappa shape index (κ1) is 25.2. The Kier molecular flexibility index (Phi) is 7.50. The molecule has 0 radical (unpaired) electrons. The fourth-order valence-electron chi connectivity index (χ4n) is 5.13. The molecule has 0 bridgehead atoms. The lowest BCUT2D eigenvalue weighted by molar-refractivity contribution is -0.159. The van der Waals surface area contributed by atoms with Crippen molar-refractivity contribution in [3.63, 3.8) is 0 Å². The molecule has 0 amide bonds. The van der Waals surface area contributed by atoms with Crippen LogP contribution in [0.5, 0.6) is 0 Å². The van der Waals surface area contributed by atoms with Crippen LogP contribution in [0.15, 0.2) is 53.4 Å². The van der Waals surface area contributed by atoms with Crippen molar-refractivity contribution in [3.05, 3.63) is 59.7 Å². The molecule has 0 spiro atoms. The third-order valence-corrected chi connectivity index (χ3v) is 8.88. The number of sulfonamides is 1. The number of para-hydroxylation sites is 1. The van der Waals surface area contributed by atoms with Crippen LogP contribution in [0, 0.1) is 17.8 Å². The Hall–Kier alpha value is -2.87. The smallest absolute Gasteiger partial charge is 0.344 e. The Labute approximate surface area is 207 Å². The number of fused-ring (bicyclic) bond motifs is 1. The van der Waals surface area contributed by atoms with E-state index in [9.17, 15) is 18.0 Å². The monoisotopic (exact) mass is 499 g/mol. The standard InChI is InChI=1S/C27H33NO6S/c1-18(2)23-12-11-19(3)15-25(23)34-26(29)17-33-27(30)21-8-6-9-22(16-21)35(31,32)28-14-13-20-7-4-5-10-24(20)28/h4-10,16,18-19,23,25H,11-15,17H2,1-3H3/t19-,23+,25+/m1/s1. The quantitative estimate of drug-likeness (QED) is 0.517. The molecule has 4 rings (SSSR count). The van der Waals surface area contributed by atoms with Gasteiger partial charge in [0.25, 0.3) is 10.0 Å². The van der Waals surface area contributed by atoms with Crippen LogP contribution < -0.4 is 4.31 Å². The molecule has 0 aromatic heterocycles. The lowest BCUT2D eigenvalue weighted by atomic mass is 9.75. The zero-order valence-electron chi connectivity index (χ0n) is 20.5. The highest BCUT2D eigenvalue weighted by atomic mass is 32.2. The molecule has 0 unspecified atom stereocenters. The number of hydrogen-bond acceptors (Lipinski definition) is 6. The predicted molar refractivity (Wildman–Crippen MR) is 133 cm³/mol. The van der Waals surface area contributed by atoms with E-state index in [0.29, 0.717) is 36.4 Å². The normalized spacial score (nSPS) is 22.1. The van der Waals surface area contributed by atoms with Crippen LogP contribution in [0.3, 0.4) is 0 Å². The van der Waals surface area contributed by atoms with Crippen LogP contribution in [0.25, 0.3) is 0 Å². The Bertz CT molecular complexity index is 1190. The second-order valence-corrected chi connectivity index (χ2v) is 11.8. The first-order valence-corrected chi connectivity index (χ1v) is 13.7. The number of nitrogens with zero attached hydrogens (tertiary/aromatic N) is 1. The molecule has 8 heteroatoms. The van der Waals surface area contributed by atoms with Crippen molar-refractivity contribution in [2.75, 3.05) is 17.5 Å². The van der Waals surface area contributed by atoms with Gasteiger partial charge in [0, 0.05) is 6.54 Å². The van der Waals surface area contributed by atoms with Gasteiger partial charge in [-0.3, -0.25) is 4.31 Å². The minimum atomic E-state index is -3.84. The summed E-state index contributed by atoms with van der Waals surface area (Å²) in [7, 11) is -3.84. The van der Waals surface area contributed by atoms with E-state index in [4.69, 9.17) is 9.47 Å². The van der Waals surface area contributed by atoms with Crippen molar-refractivity contribution >= 4 is 27.6 Å². The third kappa shape index (κ3) is 5.53. The minimum Gasteiger partial charge on any atom is -0.460 e. The van der Waals surface area contributed by atoms with Gasteiger partial charge in [0.2, 0.25) is 0 Å². The average molecular weight is 500 g/mol. The van der Waals surface area contributed by atoms with E-state index in [-0.39, 0.29) is 16.6 Å². The molecule has 1 fully saturated rings. The summed E-state index contributed by atoms with van der Waals surface area (Å²) < 4.78 is 38.8. The number of rotatable bonds is 7. The second kappa shape index (κ2) is 10.4. The Morgan fingerprint density at radius 1 is 1.09 bits per heavy atom. The van der Waals surface area contributed by atoms with E-state index in [1.165, 1.54) is 28.6 Å². The Morgan fingerprint density at radius 3 is 2.63 bits per heavy atom. The fourth-order valence-corrected chi connectivity index (χ4v) is 6.68. The van der Waals surface area contributed by atoms with Crippen LogP contribution in [-0.2, 0) is 30.7 Å².